The molecule has 0 aliphatic carbocycles. The summed E-state index contributed by atoms with van der Waals surface area (Å²) in [6.07, 6.45) is -4.80. The van der Waals surface area contributed by atoms with Crippen LogP contribution < -0.4 is 0 Å². The summed E-state index contributed by atoms with van der Waals surface area (Å²) in [6, 6.07) is 6.00. The molecule has 0 radical (unpaired) electrons. The van der Waals surface area contributed by atoms with Crippen LogP contribution in [0, 0.1) is 0 Å². The maximum Gasteiger partial charge on any atom is 0.331 e. The van der Waals surface area contributed by atoms with Crippen LogP contribution in [0.4, 0.5) is 0 Å². The highest BCUT2D eigenvalue weighted by Crippen LogP contribution is 2.25. The Hall–Kier alpha value is -2.46. The van der Waals surface area contributed by atoms with Gasteiger partial charge in [0.15, 0.2) is 18.5 Å². The minimum Gasteiger partial charge on any atom is -0.508 e. The van der Waals surface area contributed by atoms with E-state index in [0.29, 0.717) is 5.56 Å². The fourth-order valence-electron chi connectivity index (χ4n) is 2.43. The zero-order valence-corrected chi connectivity index (χ0v) is 13.9. The number of aromatic hydroxyl groups is 1. The van der Waals surface area contributed by atoms with E-state index in [2.05, 4.69) is 0 Å². The van der Waals surface area contributed by atoms with Crippen molar-refractivity contribution < 1.29 is 44.2 Å². The average Bonchev–Trinajstić information content (AvgIpc) is 2.60. The SMILES string of the molecule is CC(=O)O[C@@H]1[C@@H](O)[C@H](CO)O[C@@H](O)[C@H]1OC(=O)/C=C/c1ccc(O)cc1. The van der Waals surface area contributed by atoms with Crippen LogP contribution in [0.2, 0.25) is 0 Å². The molecule has 1 aromatic carbocycles. The van der Waals surface area contributed by atoms with E-state index < -0.39 is 49.3 Å². The van der Waals surface area contributed by atoms with E-state index in [-0.39, 0.29) is 5.75 Å². The first-order chi connectivity index (χ1) is 12.3. The van der Waals surface area contributed by atoms with Crippen molar-refractivity contribution in [2.45, 2.75) is 37.6 Å². The van der Waals surface area contributed by atoms with Crippen LogP contribution in [-0.2, 0) is 23.8 Å². The Balaban J connectivity index is 2.09. The van der Waals surface area contributed by atoms with Crippen LogP contribution in [0.25, 0.3) is 6.08 Å². The topological polar surface area (TPSA) is 143 Å². The summed E-state index contributed by atoms with van der Waals surface area (Å²) < 4.78 is 15.0. The number of phenols is 1. The highest BCUT2D eigenvalue weighted by atomic mass is 16.7. The standard InChI is InChI=1S/C17H20O9/c1-9(19)24-15-14(22)12(8-18)25-17(23)16(15)26-13(21)7-4-10-2-5-11(20)6-3-10/h2-7,12,14-18,20,22-23H,8H2,1H3/b7-4+/t12-,14-,15+,16-,17+/m0/s1. The second-order valence-corrected chi connectivity index (χ2v) is 5.64. The Kier molecular flexibility index (Phi) is 6.70. The number of aliphatic hydroxyl groups excluding tert-OH is 3. The molecule has 1 aliphatic heterocycles. The minimum atomic E-state index is -1.70. The van der Waals surface area contributed by atoms with Gasteiger partial charge in [0.1, 0.15) is 18.0 Å². The number of esters is 2. The molecule has 1 aliphatic rings. The maximum atomic E-state index is 12.0. The summed E-state index contributed by atoms with van der Waals surface area (Å²) in [4.78, 5) is 23.2. The third-order valence-corrected chi connectivity index (χ3v) is 3.68. The van der Waals surface area contributed by atoms with E-state index in [0.717, 1.165) is 13.0 Å². The molecule has 9 heteroatoms. The third-order valence-electron chi connectivity index (χ3n) is 3.68. The highest BCUT2D eigenvalue weighted by molar-refractivity contribution is 5.87. The molecule has 2 rings (SSSR count). The molecule has 0 amide bonds. The molecule has 0 bridgehead atoms. The first kappa shape index (κ1) is 19.9. The predicted octanol–water partition coefficient (Wildman–Crippen LogP) is -0.681. The average molecular weight is 368 g/mol. The van der Waals surface area contributed by atoms with Gasteiger partial charge in [-0.15, -0.1) is 0 Å². The Morgan fingerprint density at radius 2 is 1.81 bits per heavy atom. The molecule has 1 heterocycles. The van der Waals surface area contributed by atoms with Gasteiger partial charge in [0, 0.05) is 13.0 Å². The quantitative estimate of drug-likeness (QED) is 0.392. The van der Waals surface area contributed by atoms with Crippen LogP contribution >= 0.6 is 0 Å². The zero-order valence-electron chi connectivity index (χ0n) is 13.9. The molecular weight excluding hydrogens is 348 g/mol. The number of hydrogen-bond donors (Lipinski definition) is 4. The molecule has 0 aromatic heterocycles. The molecule has 1 aromatic rings. The summed E-state index contributed by atoms with van der Waals surface area (Å²) in [5.41, 5.74) is 0.608. The summed E-state index contributed by atoms with van der Waals surface area (Å²) in [6.45, 7) is 0.462. The first-order valence-electron chi connectivity index (χ1n) is 7.79. The molecule has 0 saturated carbocycles. The molecule has 26 heavy (non-hydrogen) atoms. The third kappa shape index (κ3) is 5.02. The molecule has 5 atom stereocenters. The Labute approximate surface area is 149 Å². The number of ether oxygens (including phenoxy) is 3. The molecule has 142 valence electrons. The van der Waals surface area contributed by atoms with E-state index in [4.69, 9.17) is 19.3 Å². The molecule has 4 N–H and O–H groups in total. The van der Waals surface area contributed by atoms with Crippen molar-refractivity contribution in [3.63, 3.8) is 0 Å². The lowest BCUT2D eigenvalue weighted by Gasteiger charge is -2.40. The van der Waals surface area contributed by atoms with Crippen molar-refractivity contribution in [1.82, 2.24) is 0 Å². The van der Waals surface area contributed by atoms with E-state index >= 15 is 0 Å². The molecule has 0 unspecified atom stereocenters. The maximum absolute atomic E-state index is 12.0. The fraction of sp³-hybridized carbons (Fsp3) is 0.412. The van der Waals surface area contributed by atoms with Crippen LogP contribution in [-0.4, -0.2) is 69.7 Å². The van der Waals surface area contributed by atoms with Gasteiger partial charge >= 0.3 is 11.9 Å². The van der Waals surface area contributed by atoms with E-state index in [9.17, 15) is 24.9 Å². The number of carbonyl (C=O) groups is 2. The molecule has 1 fully saturated rings. The van der Waals surface area contributed by atoms with Gasteiger partial charge in [-0.05, 0) is 23.8 Å². The minimum absolute atomic E-state index is 0.0730. The first-order valence-corrected chi connectivity index (χ1v) is 7.79. The number of aliphatic hydroxyl groups is 3. The van der Waals surface area contributed by atoms with Gasteiger partial charge in [-0.1, -0.05) is 12.1 Å². The number of phenolic OH excluding ortho intramolecular Hbond substituents is 1. The molecule has 9 nitrogen and oxygen atoms in total. The lowest BCUT2D eigenvalue weighted by atomic mass is 9.99. The molecule has 1 saturated heterocycles. The van der Waals surface area contributed by atoms with E-state index in [1.807, 2.05) is 0 Å². The van der Waals surface area contributed by atoms with Gasteiger partial charge in [0.05, 0.1) is 6.61 Å². The normalized spacial score (nSPS) is 28.7. The summed E-state index contributed by atoms with van der Waals surface area (Å²) in [5, 5.41) is 38.4. The van der Waals surface area contributed by atoms with E-state index in [1.54, 1.807) is 12.1 Å². The van der Waals surface area contributed by atoms with E-state index in [1.165, 1.54) is 18.2 Å². The number of carbonyl (C=O) groups excluding carboxylic acids is 2. The molecular formula is C17H20O9. The van der Waals surface area contributed by atoms with Crippen LogP contribution in [0.1, 0.15) is 12.5 Å². The smallest absolute Gasteiger partial charge is 0.331 e. The monoisotopic (exact) mass is 368 g/mol. The van der Waals surface area contributed by atoms with Crippen molar-refractivity contribution in [2.24, 2.45) is 0 Å². The lowest BCUT2D eigenvalue weighted by molar-refractivity contribution is -0.292. The van der Waals surface area contributed by atoms with Crippen LogP contribution in [0.15, 0.2) is 30.3 Å². The lowest BCUT2D eigenvalue weighted by Crippen LogP contribution is -2.61. The summed E-state index contributed by atoms with van der Waals surface area (Å²) in [7, 11) is 0. The summed E-state index contributed by atoms with van der Waals surface area (Å²) >= 11 is 0. The zero-order chi connectivity index (χ0) is 19.3. The van der Waals surface area contributed by atoms with Crippen LogP contribution in [0.3, 0.4) is 0 Å². The second kappa shape index (κ2) is 8.77. The van der Waals surface area contributed by atoms with Gasteiger partial charge in [0.2, 0.25) is 0 Å². The van der Waals surface area contributed by atoms with Gasteiger partial charge in [0.25, 0.3) is 0 Å². The van der Waals surface area contributed by atoms with Gasteiger partial charge in [-0.2, -0.15) is 0 Å². The second-order valence-electron chi connectivity index (χ2n) is 5.64. The Bertz CT molecular complexity index is 655. The summed E-state index contributed by atoms with van der Waals surface area (Å²) in [5.74, 6) is -1.57. The van der Waals surface area contributed by atoms with Gasteiger partial charge in [-0.3, -0.25) is 4.79 Å². The fourth-order valence-corrected chi connectivity index (χ4v) is 2.43. The van der Waals surface area contributed by atoms with Gasteiger partial charge in [-0.25, -0.2) is 4.79 Å². The van der Waals surface area contributed by atoms with Crippen molar-refractivity contribution in [3.8, 4) is 5.75 Å². The number of hydrogen-bond acceptors (Lipinski definition) is 9. The van der Waals surface area contributed by atoms with Crippen molar-refractivity contribution in [3.05, 3.63) is 35.9 Å². The van der Waals surface area contributed by atoms with Crippen LogP contribution in [0.5, 0.6) is 5.75 Å². The predicted molar refractivity (Wildman–Crippen MR) is 86.5 cm³/mol. The van der Waals surface area contributed by atoms with Gasteiger partial charge < -0.3 is 34.6 Å². The van der Waals surface area contributed by atoms with Crippen molar-refractivity contribution >= 4 is 18.0 Å². The Morgan fingerprint density at radius 3 is 2.38 bits per heavy atom. The van der Waals surface area contributed by atoms with Crippen molar-refractivity contribution in [1.29, 1.82) is 0 Å². The highest BCUT2D eigenvalue weighted by Gasteiger charge is 2.48. The number of benzene rings is 1. The molecule has 0 spiro atoms. The largest absolute Gasteiger partial charge is 0.508 e. The Morgan fingerprint density at radius 1 is 1.15 bits per heavy atom. The number of rotatable bonds is 5. The van der Waals surface area contributed by atoms with Crippen molar-refractivity contribution in [2.75, 3.05) is 6.61 Å².